The molecule has 174 valence electrons. The third-order valence-electron chi connectivity index (χ3n) is 4.83. The van der Waals surface area contributed by atoms with Crippen LogP contribution in [0.1, 0.15) is 72.1 Å². The SMILES string of the molecule is CCCCCCCCCC(COC(=O)C(C)=C=O)(OC(=O)C(C)=C=O)Oc1ccccc1. The number of hydrogen-bond acceptors (Lipinski definition) is 7. The summed E-state index contributed by atoms with van der Waals surface area (Å²) in [5.41, 5.74) is -0.509. The van der Waals surface area contributed by atoms with Gasteiger partial charge in [0.15, 0.2) is 6.61 Å². The van der Waals surface area contributed by atoms with E-state index in [-0.39, 0.29) is 17.6 Å². The van der Waals surface area contributed by atoms with Crippen molar-refractivity contribution in [3.05, 3.63) is 41.5 Å². The number of ether oxygens (including phenoxy) is 3. The Morgan fingerprint density at radius 1 is 0.844 bits per heavy atom. The lowest BCUT2D eigenvalue weighted by Crippen LogP contribution is -2.46. The molecule has 0 saturated heterocycles. The van der Waals surface area contributed by atoms with Crippen molar-refractivity contribution in [2.24, 2.45) is 0 Å². The summed E-state index contributed by atoms with van der Waals surface area (Å²) in [6, 6.07) is 8.64. The highest BCUT2D eigenvalue weighted by atomic mass is 16.7. The second-order valence-electron chi connectivity index (χ2n) is 7.62. The number of benzene rings is 1. The van der Waals surface area contributed by atoms with Crippen molar-refractivity contribution in [1.29, 1.82) is 0 Å². The molecule has 1 unspecified atom stereocenters. The van der Waals surface area contributed by atoms with Gasteiger partial charge in [-0.05, 0) is 32.4 Å². The zero-order valence-corrected chi connectivity index (χ0v) is 19.1. The molecule has 0 radical (unpaired) electrons. The zero-order chi connectivity index (χ0) is 23.8. The predicted molar refractivity (Wildman–Crippen MR) is 119 cm³/mol. The molecule has 0 amide bonds. The van der Waals surface area contributed by atoms with Gasteiger partial charge in [0.05, 0.1) is 0 Å². The molecule has 0 aliphatic carbocycles. The van der Waals surface area contributed by atoms with Gasteiger partial charge in [-0.3, -0.25) is 0 Å². The van der Waals surface area contributed by atoms with E-state index in [1.807, 2.05) is 0 Å². The van der Waals surface area contributed by atoms with E-state index < -0.39 is 24.3 Å². The molecule has 0 fully saturated rings. The Morgan fingerprint density at radius 2 is 1.41 bits per heavy atom. The fourth-order valence-electron chi connectivity index (χ4n) is 2.92. The first-order valence-corrected chi connectivity index (χ1v) is 11.0. The molecule has 0 saturated carbocycles. The minimum atomic E-state index is -1.67. The molecule has 0 aliphatic rings. The molecule has 1 aromatic carbocycles. The van der Waals surface area contributed by atoms with Gasteiger partial charge in [-0.15, -0.1) is 0 Å². The first kappa shape index (κ1) is 26.9. The summed E-state index contributed by atoms with van der Waals surface area (Å²) in [7, 11) is 0. The van der Waals surface area contributed by atoms with Crippen LogP contribution in [-0.4, -0.2) is 36.2 Å². The Bertz CT molecular complexity index is 833. The Morgan fingerprint density at radius 3 is 2.00 bits per heavy atom. The van der Waals surface area contributed by atoms with Gasteiger partial charge in [-0.1, -0.05) is 63.6 Å². The van der Waals surface area contributed by atoms with Gasteiger partial charge in [-0.25, -0.2) is 19.2 Å². The van der Waals surface area contributed by atoms with Crippen LogP contribution >= 0.6 is 0 Å². The second kappa shape index (κ2) is 14.8. The first-order valence-electron chi connectivity index (χ1n) is 11.0. The summed E-state index contributed by atoms with van der Waals surface area (Å²) in [6.07, 6.45) is 7.35. The molecule has 0 aromatic heterocycles. The van der Waals surface area contributed by atoms with Gasteiger partial charge >= 0.3 is 11.9 Å². The standard InChI is InChI=1S/C25H32O7/c1-4-5-6-7-8-9-13-16-25(32-24(29)21(3)18-27,19-30-23(28)20(2)17-26)31-22-14-11-10-12-15-22/h10-12,14-15H,4-9,13,16,19H2,1-3H3. The summed E-state index contributed by atoms with van der Waals surface area (Å²) in [5, 5.41) is 0. The molecule has 0 N–H and O–H groups in total. The Hall–Kier alpha value is -3.14. The molecule has 7 heteroatoms. The summed E-state index contributed by atoms with van der Waals surface area (Å²) in [4.78, 5) is 46.1. The molecule has 1 atom stereocenters. The largest absolute Gasteiger partial charge is 0.453 e. The van der Waals surface area contributed by atoms with E-state index in [9.17, 15) is 19.2 Å². The highest BCUT2D eigenvalue weighted by molar-refractivity contribution is 5.96. The summed E-state index contributed by atoms with van der Waals surface area (Å²) in [6.45, 7) is 4.26. The molecule has 1 aromatic rings. The Balaban J connectivity index is 3.07. The molecular formula is C25H32O7. The van der Waals surface area contributed by atoms with Crippen LogP contribution in [0.15, 0.2) is 41.5 Å². The summed E-state index contributed by atoms with van der Waals surface area (Å²) < 4.78 is 16.8. The number of esters is 2. The quantitative estimate of drug-likeness (QED) is 0.129. The van der Waals surface area contributed by atoms with Crippen LogP contribution in [0, 0.1) is 0 Å². The summed E-state index contributed by atoms with van der Waals surface area (Å²) in [5.74, 6) is -0.0822. The monoisotopic (exact) mass is 444 g/mol. The van der Waals surface area contributed by atoms with E-state index in [1.165, 1.54) is 32.2 Å². The fraction of sp³-hybridized carbons (Fsp3) is 0.520. The molecule has 32 heavy (non-hydrogen) atoms. The smallest absolute Gasteiger partial charge is 0.348 e. The second-order valence-corrected chi connectivity index (χ2v) is 7.62. The van der Waals surface area contributed by atoms with Crippen LogP contribution in [0.25, 0.3) is 0 Å². The van der Waals surface area contributed by atoms with E-state index in [2.05, 4.69) is 6.92 Å². The predicted octanol–water partition coefficient (Wildman–Crippen LogP) is 4.54. The third-order valence-corrected chi connectivity index (χ3v) is 4.83. The molecule has 0 heterocycles. The first-order chi connectivity index (χ1) is 15.4. The number of hydrogen-bond donors (Lipinski definition) is 0. The van der Waals surface area contributed by atoms with Gasteiger partial charge < -0.3 is 14.2 Å². The minimum Gasteiger partial charge on any atom is -0.453 e. The zero-order valence-electron chi connectivity index (χ0n) is 19.1. The van der Waals surface area contributed by atoms with Crippen molar-refractivity contribution in [2.75, 3.05) is 6.61 Å². The van der Waals surface area contributed by atoms with Crippen molar-refractivity contribution in [3.63, 3.8) is 0 Å². The number of unbranched alkanes of at least 4 members (excludes halogenated alkanes) is 6. The van der Waals surface area contributed by atoms with Gasteiger partial charge in [0, 0.05) is 6.42 Å². The van der Waals surface area contributed by atoms with Crippen molar-refractivity contribution < 1.29 is 33.4 Å². The van der Waals surface area contributed by atoms with Crippen LogP contribution < -0.4 is 4.74 Å². The van der Waals surface area contributed by atoms with Crippen molar-refractivity contribution >= 4 is 23.8 Å². The maximum atomic E-state index is 12.4. The topological polar surface area (TPSA) is 96.0 Å². The minimum absolute atomic E-state index is 0.227. The van der Waals surface area contributed by atoms with Gasteiger partial charge in [0.1, 0.15) is 28.8 Å². The molecular weight excluding hydrogens is 412 g/mol. The normalized spacial score (nSPS) is 12.0. The Labute approximate surface area is 189 Å². The van der Waals surface area contributed by atoms with Gasteiger partial charge in [-0.2, -0.15) is 0 Å². The van der Waals surface area contributed by atoms with Gasteiger partial charge in [0.2, 0.25) is 0 Å². The van der Waals surface area contributed by atoms with Crippen molar-refractivity contribution in [2.45, 2.75) is 77.9 Å². The van der Waals surface area contributed by atoms with Crippen LogP contribution in [0.3, 0.4) is 0 Å². The van der Waals surface area contributed by atoms with Crippen LogP contribution in [0.2, 0.25) is 0 Å². The number of para-hydroxylation sites is 1. The maximum Gasteiger partial charge on any atom is 0.348 e. The van der Waals surface area contributed by atoms with E-state index >= 15 is 0 Å². The lowest BCUT2D eigenvalue weighted by atomic mass is 10.0. The molecule has 0 spiro atoms. The van der Waals surface area contributed by atoms with E-state index in [0.29, 0.717) is 12.2 Å². The molecule has 1 rings (SSSR count). The van der Waals surface area contributed by atoms with E-state index in [4.69, 9.17) is 14.2 Å². The molecule has 0 bridgehead atoms. The number of rotatable bonds is 15. The van der Waals surface area contributed by atoms with Crippen molar-refractivity contribution in [3.8, 4) is 5.75 Å². The van der Waals surface area contributed by atoms with Crippen molar-refractivity contribution in [1.82, 2.24) is 0 Å². The highest BCUT2D eigenvalue weighted by Crippen LogP contribution is 2.27. The van der Waals surface area contributed by atoms with Crippen LogP contribution in [0.4, 0.5) is 0 Å². The maximum absolute atomic E-state index is 12.4. The average molecular weight is 445 g/mol. The fourth-order valence-corrected chi connectivity index (χ4v) is 2.92. The van der Waals surface area contributed by atoms with Crippen LogP contribution in [-0.2, 0) is 28.7 Å². The number of carbonyl (C=O) groups excluding carboxylic acids is 4. The number of carbonyl (C=O) groups is 2. The summed E-state index contributed by atoms with van der Waals surface area (Å²) >= 11 is 0. The molecule has 0 aliphatic heterocycles. The molecule has 7 nitrogen and oxygen atoms in total. The van der Waals surface area contributed by atoms with E-state index in [0.717, 1.165) is 32.1 Å². The van der Waals surface area contributed by atoms with Crippen LogP contribution in [0.5, 0.6) is 5.75 Å². The highest BCUT2D eigenvalue weighted by Gasteiger charge is 2.39. The lowest BCUT2D eigenvalue weighted by molar-refractivity contribution is -0.216. The third kappa shape index (κ3) is 9.78. The van der Waals surface area contributed by atoms with Gasteiger partial charge in [0.25, 0.3) is 5.79 Å². The Kier molecular flexibility index (Phi) is 12.4. The van der Waals surface area contributed by atoms with E-state index in [1.54, 1.807) is 30.3 Å². The lowest BCUT2D eigenvalue weighted by Gasteiger charge is -2.33. The average Bonchev–Trinajstić information content (AvgIpc) is 2.81.